The number of carbonyl (C=O) groups excluding carboxylic acids is 1. The van der Waals surface area contributed by atoms with E-state index in [0.29, 0.717) is 34.9 Å². The summed E-state index contributed by atoms with van der Waals surface area (Å²) in [6, 6.07) is 6.91. The molecule has 1 aliphatic rings. The molecule has 1 aliphatic heterocycles. The summed E-state index contributed by atoms with van der Waals surface area (Å²) >= 11 is 0.496. The van der Waals surface area contributed by atoms with Gasteiger partial charge in [0.25, 0.3) is 5.76 Å². The molecule has 2 N–H and O–H groups in total. The molecule has 1 saturated heterocycles. The number of likely N-dealkylation sites (N-methyl/N-ethyl adjacent to an activating group) is 1. The number of rotatable bonds is 6. The van der Waals surface area contributed by atoms with Crippen molar-refractivity contribution in [3.63, 3.8) is 0 Å². The van der Waals surface area contributed by atoms with Gasteiger partial charge in [-0.3, -0.25) is 9.69 Å². The molecule has 1 amide bonds. The molecule has 23 heavy (non-hydrogen) atoms. The lowest BCUT2D eigenvalue weighted by Gasteiger charge is -2.31. The Morgan fingerprint density at radius 1 is 1.39 bits per heavy atom. The van der Waals surface area contributed by atoms with E-state index in [1.165, 1.54) is 0 Å². The fourth-order valence-corrected chi connectivity index (χ4v) is 3.06. The van der Waals surface area contributed by atoms with Crippen LogP contribution in [0.3, 0.4) is 0 Å². The zero-order chi connectivity index (χ0) is 15.9. The Morgan fingerprint density at radius 3 is 2.70 bits per heavy atom. The minimum absolute atomic E-state index is 0. The third-order valence-electron chi connectivity index (χ3n) is 3.64. The largest absolute Gasteiger partial charge is 0.325 e. The van der Waals surface area contributed by atoms with Gasteiger partial charge in [0.05, 0.1) is 6.54 Å². The number of carbonyl (C=O) groups is 1. The first-order valence-electron chi connectivity index (χ1n) is 7.31. The second-order valence-corrected chi connectivity index (χ2v) is 6.38. The predicted octanol–water partition coefficient (Wildman–Crippen LogP) is 3.05. The number of hydrogen-bond acceptors (Lipinski definition) is 4. The molecule has 0 bridgehead atoms. The number of thioether (sulfide) groups is 1. The molecule has 0 aliphatic carbocycles. The van der Waals surface area contributed by atoms with Crippen LogP contribution in [0.2, 0.25) is 0 Å². The standard InChI is InChI=1S/C15H21F2N3OS.ClH/c1-18-12-3-2-8-20(9-12)10-14(21)19-11-4-6-13(7-5-11)22-15(16)17;/h4-7,12,15,18H,2-3,8-10H2,1H3,(H,19,21);1H. The van der Waals surface area contributed by atoms with E-state index in [4.69, 9.17) is 0 Å². The van der Waals surface area contributed by atoms with E-state index < -0.39 is 5.76 Å². The molecule has 0 radical (unpaired) electrons. The number of piperidine rings is 1. The fraction of sp³-hybridized carbons (Fsp3) is 0.533. The number of nitrogens with one attached hydrogen (secondary N) is 2. The molecule has 1 heterocycles. The zero-order valence-corrected chi connectivity index (χ0v) is 14.6. The van der Waals surface area contributed by atoms with E-state index in [-0.39, 0.29) is 18.3 Å². The predicted molar refractivity (Wildman–Crippen MR) is 92.7 cm³/mol. The van der Waals surface area contributed by atoms with Crippen LogP contribution in [0.25, 0.3) is 0 Å². The highest BCUT2D eigenvalue weighted by molar-refractivity contribution is 7.99. The van der Waals surface area contributed by atoms with Gasteiger partial charge < -0.3 is 10.6 Å². The zero-order valence-electron chi connectivity index (χ0n) is 12.9. The molecule has 1 fully saturated rings. The number of benzene rings is 1. The molecule has 8 heteroatoms. The first-order chi connectivity index (χ1) is 10.6. The Balaban J connectivity index is 0.00000264. The molecule has 1 aromatic rings. The van der Waals surface area contributed by atoms with Crippen molar-refractivity contribution in [1.82, 2.24) is 10.2 Å². The van der Waals surface area contributed by atoms with E-state index in [9.17, 15) is 13.6 Å². The Labute approximate surface area is 145 Å². The third-order valence-corrected chi connectivity index (χ3v) is 4.37. The summed E-state index contributed by atoms with van der Waals surface area (Å²) in [5, 5.41) is 6.05. The van der Waals surface area contributed by atoms with Gasteiger partial charge in [-0.25, -0.2) is 0 Å². The van der Waals surface area contributed by atoms with Gasteiger partial charge in [0.2, 0.25) is 5.91 Å². The summed E-state index contributed by atoms with van der Waals surface area (Å²) in [6.07, 6.45) is 2.22. The van der Waals surface area contributed by atoms with Crippen molar-refractivity contribution in [2.45, 2.75) is 29.5 Å². The maximum atomic E-state index is 12.2. The van der Waals surface area contributed by atoms with E-state index >= 15 is 0 Å². The topological polar surface area (TPSA) is 44.4 Å². The molecular formula is C15H22ClF2N3OS. The van der Waals surface area contributed by atoms with Crippen LogP contribution in [-0.2, 0) is 4.79 Å². The maximum Gasteiger partial charge on any atom is 0.288 e. The number of amides is 1. The van der Waals surface area contributed by atoms with Gasteiger partial charge in [-0.15, -0.1) is 12.4 Å². The molecule has 0 saturated carbocycles. The quantitative estimate of drug-likeness (QED) is 0.760. The summed E-state index contributed by atoms with van der Waals surface area (Å²) in [4.78, 5) is 14.7. The van der Waals surface area contributed by atoms with Crippen molar-refractivity contribution >= 4 is 35.8 Å². The van der Waals surface area contributed by atoms with Crippen LogP contribution >= 0.6 is 24.2 Å². The van der Waals surface area contributed by atoms with Gasteiger partial charge in [0.1, 0.15) is 0 Å². The maximum absolute atomic E-state index is 12.2. The summed E-state index contributed by atoms with van der Waals surface area (Å²) in [7, 11) is 1.94. The SMILES string of the molecule is CNC1CCCN(CC(=O)Nc2ccc(SC(F)F)cc2)C1.Cl. The van der Waals surface area contributed by atoms with Gasteiger partial charge in [-0.05, 0) is 50.7 Å². The Morgan fingerprint density at radius 2 is 2.09 bits per heavy atom. The number of anilines is 1. The Kier molecular flexibility index (Phi) is 8.83. The van der Waals surface area contributed by atoms with Crippen LogP contribution in [0.5, 0.6) is 0 Å². The van der Waals surface area contributed by atoms with Crippen molar-refractivity contribution in [2.24, 2.45) is 0 Å². The van der Waals surface area contributed by atoms with Crippen LogP contribution < -0.4 is 10.6 Å². The van der Waals surface area contributed by atoms with Crippen molar-refractivity contribution in [3.8, 4) is 0 Å². The average Bonchev–Trinajstić information content (AvgIpc) is 2.49. The summed E-state index contributed by atoms with van der Waals surface area (Å²) in [6.45, 7) is 2.15. The van der Waals surface area contributed by atoms with Gasteiger partial charge in [-0.2, -0.15) is 8.78 Å². The van der Waals surface area contributed by atoms with Gasteiger partial charge >= 0.3 is 0 Å². The van der Waals surface area contributed by atoms with Gasteiger partial charge in [0, 0.05) is 23.2 Å². The van der Waals surface area contributed by atoms with Crippen LogP contribution in [0.15, 0.2) is 29.2 Å². The van der Waals surface area contributed by atoms with Crippen molar-refractivity contribution in [1.29, 1.82) is 0 Å². The second-order valence-electron chi connectivity index (χ2n) is 5.31. The fourth-order valence-electron chi connectivity index (χ4n) is 2.56. The summed E-state index contributed by atoms with van der Waals surface area (Å²) in [5.74, 6) is -2.51. The first kappa shape index (κ1) is 20.2. The number of halogens is 3. The highest BCUT2D eigenvalue weighted by Gasteiger charge is 2.20. The highest BCUT2D eigenvalue weighted by Crippen LogP contribution is 2.26. The third kappa shape index (κ3) is 7.03. The molecule has 0 aromatic heterocycles. The van der Waals surface area contributed by atoms with Crippen molar-refractivity contribution in [3.05, 3.63) is 24.3 Å². The smallest absolute Gasteiger partial charge is 0.288 e. The highest BCUT2D eigenvalue weighted by atomic mass is 35.5. The van der Waals surface area contributed by atoms with Crippen molar-refractivity contribution in [2.75, 3.05) is 32.0 Å². The molecule has 0 spiro atoms. The van der Waals surface area contributed by atoms with Gasteiger partial charge in [0.15, 0.2) is 0 Å². The van der Waals surface area contributed by atoms with Gasteiger partial charge in [-0.1, -0.05) is 11.8 Å². The molecule has 1 atom stereocenters. The monoisotopic (exact) mass is 365 g/mol. The number of nitrogens with zero attached hydrogens (tertiary/aromatic N) is 1. The Hall–Kier alpha value is -0.890. The molecular weight excluding hydrogens is 344 g/mol. The number of alkyl halides is 2. The van der Waals surface area contributed by atoms with E-state index in [2.05, 4.69) is 15.5 Å². The molecule has 130 valence electrons. The van der Waals surface area contributed by atoms with E-state index in [1.807, 2.05) is 7.05 Å². The lowest BCUT2D eigenvalue weighted by molar-refractivity contribution is -0.117. The average molecular weight is 366 g/mol. The van der Waals surface area contributed by atoms with Crippen LogP contribution in [0.4, 0.5) is 14.5 Å². The first-order valence-corrected chi connectivity index (χ1v) is 8.19. The second kappa shape index (κ2) is 10.1. The van der Waals surface area contributed by atoms with Crippen LogP contribution in [-0.4, -0.2) is 49.3 Å². The minimum Gasteiger partial charge on any atom is -0.325 e. The minimum atomic E-state index is -2.43. The summed E-state index contributed by atoms with van der Waals surface area (Å²) < 4.78 is 24.5. The molecule has 4 nitrogen and oxygen atoms in total. The molecule has 1 unspecified atom stereocenters. The van der Waals surface area contributed by atoms with Crippen LogP contribution in [0, 0.1) is 0 Å². The lowest BCUT2D eigenvalue weighted by atomic mass is 10.1. The van der Waals surface area contributed by atoms with Crippen molar-refractivity contribution < 1.29 is 13.6 Å². The number of hydrogen-bond donors (Lipinski definition) is 2. The summed E-state index contributed by atoms with van der Waals surface area (Å²) in [5.41, 5.74) is 0.630. The molecule has 1 aromatic carbocycles. The van der Waals surface area contributed by atoms with Crippen LogP contribution in [0.1, 0.15) is 12.8 Å². The number of likely N-dealkylation sites (tertiary alicyclic amines) is 1. The molecule has 2 rings (SSSR count). The normalized spacial score (nSPS) is 18.5. The van der Waals surface area contributed by atoms with E-state index in [0.717, 1.165) is 25.9 Å². The Bertz CT molecular complexity index is 490. The van der Waals surface area contributed by atoms with E-state index in [1.54, 1.807) is 24.3 Å². The lowest BCUT2D eigenvalue weighted by Crippen LogP contribution is -2.46.